The lowest BCUT2D eigenvalue weighted by Crippen LogP contribution is -2.28. The molecule has 0 aliphatic carbocycles. The van der Waals surface area contributed by atoms with Gasteiger partial charge < -0.3 is 5.32 Å². The number of hydrogen-bond acceptors (Lipinski definition) is 1. The second-order valence-corrected chi connectivity index (χ2v) is 6.22. The normalized spacial score (nSPS) is 12.0. The predicted octanol–water partition coefficient (Wildman–Crippen LogP) is 4.98. The van der Waals surface area contributed by atoms with Crippen molar-refractivity contribution in [3.05, 3.63) is 68.1 Å². The molecule has 0 bridgehead atoms. The first kappa shape index (κ1) is 16.1. The van der Waals surface area contributed by atoms with Crippen LogP contribution in [0, 0.1) is 11.6 Å². The van der Waals surface area contributed by atoms with E-state index in [0.717, 1.165) is 16.6 Å². The number of amides is 1. The van der Waals surface area contributed by atoms with Crippen LogP contribution in [0.15, 0.2) is 45.3 Å². The van der Waals surface area contributed by atoms with E-state index in [1.165, 1.54) is 13.0 Å². The van der Waals surface area contributed by atoms with E-state index < -0.39 is 23.6 Å². The molecule has 0 heterocycles. The van der Waals surface area contributed by atoms with Crippen LogP contribution in [0.3, 0.4) is 0 Å². The molecule has 2 aromatic rings. The minimum absolute atomic E-state index is 0.154. The quantitative estimate of drug-likeness (QED) is 0.748. The summed E-state index contributed by atoms with van der Waals surface area (Å²) < 4.78 is 28.8. The van der Waals surface area contributed by atoms with Gasteiger partial charge in [-0.2, -0.15) is 0 Å². The highest BCUT2D eigenvalue weighted by Gasteiger charge is 2.19. The lowest BCUT2D eigenvalue weighted by molar-refractivity contribution is 0.0938. The van der Waals surface area contributed by atoms with Gasteiger partial charge in [0.1, 0.15) is 11.6 Å². The summed E-state index contributed by atoms with van der Waals surface area (Å²) in [6.07, 6.45) is 0. The van der Waals surface area contributed by atoms with E-state index in [1.807, 2.05) is 0 Å². The second kappa shape index (κ2) is 6.66. The number of carbonyl (C=O) groups excluding carboxylic acids is 1. The van der Waals surface area contributed by atoms with Gasteiger partial charge in [0.2, 0.25) is 0 Å². The number of nitrogens with one attached hydrogen (secondary N) is 1. The van der Waals surface area contributed by atoms with Crippen LogP contribution in [0.5, 0.6) is 0 Å². The van der Waals surface area contributed by atoms with Crippen molar-refractivity contribution in [2.45, 2.75) is 13.0 Å². The molecule has 0 saturated heterocycles. The van der Waals surface area contributed by atoms with Crippen molar-refractivity contribution in [2.75, 3.05) is 0 Å². The fraction of sp³-hybridized carbons (Fsp3) is 0.133. The Bertz CT molecular complexity index is 671. The third kappa shape index (κ3) is 3.68. The molecule has 2 aromatic carbocycles. The molecule has 0 saturated carbocycles. The number of hydrogen-bond donors (Lipinski definition) is 1. The molecule has 2 rings (SSSR count). The highest BCUT2D eigenvalue weighted by Crippen LogP contribution is 2.24. The first-order valence-electron chi connectivity index (χ1n) is 6.10. The molecule has 0 aromatic heterocycles. The van der Waals surface area contributed by atoms with Crippen molar-refractivity contribution in [2.24, 2.45) is 0 Å². The molecule has 0 aliphatic heterocycles. The summed E-state index contributed by atoms with van der Waals surface area (Å²) in [5.41, 5.74) is 0.237. The molecule has 0 radical (unpaired) electrons. The summed E-state index contributed by atoms with van der Waals surface area (Å²) in [7, 11) is 0. The maximum Gasteiger partial charge on any atom is 0.252 e. The summed E-state index contributed by atoms with van der Waals surface area (Å²) in [5.74, 6) is -1.78. The Morgan fingerprint density at radius 3 is 2.33 bits per heavy atom. The van der Waals surface area contributed by atoms with Gasteiger partial charge in [0.25, 0.3) is 5.91 Å². The van der Waals surface area contributed by atoms with Crippen LogP contribution in [-0.4, -0.2) is 5.91 Å². The molecule has 1 atom stereocenters. The summed E-state index contributed by atoms with van der Waals surface area (Å²) in [6.45, 7) is 1.53. The van der Waals surface area contributed by atoms with Gasteiger partial charge in [0.15, 0.2) is 0 Å². The Morgan fingerprint density at radius 2 is 1.76 bits per heavy atom. The molecule has 21 heavy (non-hydrogen) atoms. The minimum atomic E-state index is -0.783. The summed E-state index contributed by atoms with van der Waals surface area (Å²) in [4.78, 5) is 12.2. The molecule has 6 heteroatoms. The molecule has 1 N–H and O–H groups in total. The van der Waals surface area contributed by atoms with E-state index in [-0.39, 0.29) is 5.56 Å². The molecule has 2 nitrogen and oxygen atoms in total. The maximum atomic E-state index is 13.7. The highest BCUT2D eigenvalue weighted by atomic mass is 79.9. The number of rotatable bonds is 3. The highest BCUT2D eigenvalue weighted by molar-refractivity contribution is 9.11. The monoisotopic (exact) mass is 417 g/mol. The van der Waals surface area contributed by atoms with Crippen molar-refractivity contribution in [1.82, 2.24) is 5.32 Å². The molecule has 0 spiro atoms. The standard InChI is InChI=1S/C15H11Br2F2NO/c1-8(14-12(18)3-2-4-13(14)19)20-15(21)10-6-5-9(16)7-11(10)17/h2-8H,1H3,(H,20,21). The number of halogens is 4. The van der Waals surface area contributed by atoms with Crippen molar-refractivity contribution in [1.29, 1.82) is 0 Å². The zero-order chi connectivity index (χ0) is 15.6. The Labute approximate surface area is 137 Å². The summed E-state index contributed by atoms with van der Waals surface area (Å²) >= 11 is 6.57. The average Bonchev–Trinajstić information content (AvgIpc) is 2.37. The third-order valence-corrected chi connectivity index (χ3v) is 4.11. The molecular formula is C15H11Br2F2NO. The predicted molar refractivity (Wildman–Crippen MR) is 84.1 cm³/mol. The summed E-state index contributed by atoms with van der Waals surface area (Å²) in [5, 5.41) is 2.59. The first-order chi connectivity index (χ1) is 9.90. The van der Waals surface area contributed by atoms with Crippen molar-refractivity contribution in [3.8, 4) is 0 Å². The van der Waals surface area contributed by atoms with Crippen LogP contribution < -0.4 is 5.32 Å². The van der Waals surface area contributed by atoms with Crippen LogP contribution in [0.2, 0.25) is 0 Å². The molecule has 110 valence electrons. The van der Waals surface area contributed by atoms with Crippen LogP contribution in [0.4, 0.5) is 8.78 Å². The van der Waals surface area contributed by atoms with Gasteiger partial charge >= 0.3 is 0 Å². The maximum absolute atomic E-state index is 13.7. The SMILES string of the molecule is CC(NC(=O)c1ccc(Br)cc1Br)c1c(F)cccc1F. The first-order valence-corrected chi connectivity index (χ1v) is 7.68. The van der Waals surface area contributed by atoms with E-state index in [2.05, 4.69) is 37.2 Å². The Kier molecular flexibility index (Phi) is 5.11. The second-order valence-electron chi connectivity index (χ2n) is 4.45. The molecule has 0 fully saturated rings. The number of carbonyl (C=O) groups is 1. The fourth-order valence-corrected chi connectivity index (χ4v) is 3.17. The smallest absolute Gasteiger partial charge is 0.252 e. The van der Waals surface area contributed by atoms with E-state index in [9.17, 15) is 13.6 Å². The zero-order valence-electron chi connectivity index (χ0n) is 11.0. The van der Waals surface area contributed by atoms with E-state index in [0.29, 0.717) is 10.0 Å². The Hall–Kier alpha value is -1.27. The van der Waals surface area contributed by atoms with E-state index >= 15 is 0 Å². The van der Waals surface area contributed by atoms with Gasteiger partial charge in [-0.05, 0) is 53.2 Å². The third-order valence-electron chi connectivity index (χ3n) is 2.96. The van der Waals surface area contributed by atoms with Gasteiger partial charge in [0.05, 0.1) is 11.6 Å². The van der Waals surface area contributed by atoms with Gasteiger partial charge in [-0.1, -0.05) is 22.0 Å². The van der Waals surface area contributed by atoms with Crippen LogP contribution >= 0.6 is 31.9 Å². The van der Waals surface area contributed by atoms with Crippen LogP contribution in [-0.2, 0) is 0 Å². The molecule has 1 unspecified atom stereocenters. The topological polar surface area (TPSA) is 29.1 Å². The van der Waals surface area contributed by atoms with Crippen molar-refractivity contribution < 1.29 is 13.6 Å². The zero-order valence-corrected chi connectivity index (χ0v) is 14.1. The largest absolute Gasteiger partial charge is 0.345 e. The lowest BCUT2D eigenvalue weighted by atomic mass is 10.1. The molecule has 0 aliphatic rings. The van der Waals surface area contributed by atoms with Gasteiger partial charge in [-0.15, -0.1) is 0 Å². The number of benzene rings is 2. The summed E-state index contributed by atoms with van der Waals surface area (Å²) in [6, 6.07) is 7.89. The van der Waals surface area contributed by atoms with Gasteiger partial charge in [-0.3, -0.25) is 4.79 Å². The Morgan fingerprint density at radius 1 is 1.14 bits per heavy atom. The Balaban J connectivity index is 2.23. The van der Waals surface area contributed by atoms with Crippen LogP contribution in [0.1, 0.15) is 28.9 Å². The van der Waals surface area contributed by atoms with Crippen molar-refractivity contribution in [3.63, 3.8) is 0 Å². The van der Waals surface area contributed by atoms with Gasteiger partial charge in [-0.25, -0.2) is 8.78 Å². The van der Waals surface area contributed by atoms with E-state index in [1.54, 1.807) is 18.2 Å². The van der Waals surface area contributed by atoms with Gasteiger partial charge in [0, 0.05) is 14.5 Å². The lowest BCUT2D eigenvalue weighted by Gasteiger charge is -2.16. The van der Waals surface area contributed by atoms with Crippen LogP contribution in [0.25, 0.3) is 0 Å². The van der Waals surface area contributed by atoms with E-state index in [4.69, 9.17) is 0 Å². The minimum Gasteiger partial charge on any atom is -0.345 e. The molecular weight excluding hydrogens is 408 g/mol. The molecule has 1 amide bonds. The van der Waals surface area contributed by atoms with Crippen molar-refractivity contribution >= 4 is 37.8 Å². The average molecular weight is 419 g/mol. The fourth-order valence-electron chi connectivity index (χ4n) is 1.94.